The first kappa shape index (κ1) is 22.4. The average molecular weight is 453 g/mol. The fourth-order valence-electron chi connectivity index (χ4n) is 3.76. The lowest BCUT2D eigenvalue weighted by Gasteiger charge is -2.36. The molecule has 3 aromatic rings. The Hall–Kier alpha value is -2.84. The van der Waals surface area contributed by atoms with Crippen molar-refractivity contribution in [2.75, 3.05) is 35.7 Å². The summed E-state index contributed by atoms with van der Waals surface area (Å²) in [5.74, 6) is 1.74. The van der Waals surface area contributed by atoms with Crippen molar-refractivity contribution in [3.8, 4) is 5.75 Å². The van der Waals surface area contributed by atoms with Crippen molar-refractivity contribution in [1.29, 1.82) is 0 Å². The zero-order valence-corrected chi connectivity index (χ0v) is 19.4. The smallest absolute Gasteiger partial charge is 0.234 e. The Morgan fingerprint density at radius 2 is 1.75 bits per heavy atom. The molecule has 0 spiro atoms. The number of nitrogens with one attached hydrogen (secondary N) is 1. The maximum absolute atomic E-state index is 12.6. The molecule has 32 heavy (non-hydrogen) atoms. The van der Waals surface area contributed by atoms with Crippen molar-refractivity contribution in [3.05, 3.63) is 48.5 Å². The van der Waals surface area contributed by atoms with Crippen LogP contribution in [0.4, 0.5) is 11.5 Å². The van der Waals surface area contributed by atoms with Crippen LogP contribution in [0.25, 0.3) is 11.0 Å². The van der Waals surface area contributed by atoms with Gasteiger partial charge in [-0.2, -0.15) is 0 Å². The van der Waals surface area contributed by atoms with E-state index in [9.17, 15) is 4.79 Å². The number of ether oxygens (including phenoxy) is 2. The Labute approximate surface area is 192 Å². The fourth-order valence-corrected chi connectivity index (χ4v) is 4.57. The van der Waals surface area contributed by atoms with E-state index in [1.165, 1.54) is 11.8 Å². The third kappa shape index (κ3) is 5.49. The zero-order chi connectivity index (χ0) is 22.5. The topological polar surface area (TPSA) is 76.6 Å². The fraction of sp³-hybridized carbons (Fsp3) is 0.375. The third-order valence-corrected chi connectivity index (χ3v) is 5.98. The summed E-state index contributed by atoms with van der Waals surface area (Å²) >= 11 is 1.40. The summed E-state index contributed by atoms with van der Waals surface area (Å²) < 4.78 is 11.3. The molecule has 8 heteroatoms. The number of hydrogen-bond donors (Lipinski definition) is 1. The van der Waals surface area contributed by atoms with E-state index < -0.39 is 0 Å². The number of benzene rings is 2. The van der Waals surface area contributed by atoms with Crippen LogP contribution in [0, 0.1) is 0 Å². The number of aromatic nitrogens is 2. The maximum atomic E-state index is 12.6. The number of amides is 1. The molecule has 2 atom stereocenters. The molecule has 0 bridgehead atoms. The number of para-hydroxylation sites is 2. The van der Waals surface area contributed by atoms with Gasteiger partial charge in [-0.1, -0.05) is 23.9 Å². The zero-order valence-electron chi connectivity index (χ0n) is 18.6. The second-order valence-corrected chi connectivity index (χ2v) is 8.76. The van der Waals surface area contributed by atoms with Gasteiger partial charge in [0, 0.05) is 18.8 Å². The number of carbonyl (C=O) groups excluding carboxylic acids is 1. The van der Waals surface area contributed by atoms with Crippen molar-refractivity contribution < 1.29 is 14.3 Å². The van der Waals surface area contributed by atoms with Crippen LogP contribution in [-0.2, 0) is 9.53 Å². The van der Waals surface area contributed by atoms with Crippen LogP contribution in [0.3, 0.4) is 0 Å². The van der Waals surface area contributed by atoms with Crippen LogP contribution in [0.1, 0.15) is 20.8 Å². The number of nitrogens with zero attached hydrogens (tertiary/aromatic N) is 3. The van der Waals surface area contributed by atoms with Crippen molar-refractivity contribution in [2.24, 2.45) is 0 Å². The molecule has 1 aromatic heterocycles. The number of thioether (sulfide) groups is 1. The summed E-state index contributed by atoms with van der Waals surface area (Å²) in [7, 11) is 0. The van der Waals surface area contributed by atoms with Crippen LogP contribution in [0.15, 0.2) is 53.6 Å². The molecule has 0 aliphatic carbocycles. The average Bonchev–Trinajstić information content (AvgIpc) is 2.78. The van der Waals surface area contributed by atoms with E-state index in [4.69, 9.17) is 19.4 Å². The number of morpholine rings is 1. The highest BCUT2D eigenvalue weighted by molar-refractivity contribution is 8.00. The molecule has 0 unspecified atom stereocenters. The van der Waals surface area contributed by atoms with Crippen LogP contribution < -0.4 is 15.0 Å². The number of rotatable bonds is 7. The van der Waals surface area contributed by atoms with Gasteiger partial charge in [-0.3, -0.25) is 4.79 Å². The molecule has 4 rings (SSSR count). The van der Waals surface area contributed by atoms with Crippen LogP contribution in [-0.4, -0.2) is 53.5 Å². The highest BCUT2D eigenvalue weighted by Crippen LogP contribution is 2.31. The first-order chi connectivity index (χ1) is 15.5. The van der Waals surface area contributed by atoms with Gasteiger partial charge in [0.25, 0.3) is 0 Å². The summed E-state index contributed by atoms with van der Waals surface area (Å²) in [6.45, 7) is 8.16. The third-order valence-electron chi connectivity index (χ3n) is 5.03. The van der Waals surface area contributed by atoms with Crippen molar-refractivity contribution >= 4 is 40.2 Å². The predicted octanol–water partition coefficient (Wildman–Crippen LogP) is 4.37. The highest BCUT2D eigenvalue weighted by atomic mass is 32.2. The van der Waals surface area contributed by atoms with E-state index in [0.717, 1.165) is 46.4 Å². The van der Waals surface area contributed by atoms with E-state index in [2.05, 4.69) is 24.1 Å². The van der Waals surface area contributed by atoms with Gasteiger partial charge in [0.15, 0.2) is 5.82 Å². The lowest BCUT2D eigenvalue weighted by Crippen LogP contribution is -2.46. The number of fused-ring (bicyclic) bond motifs is 1. The van der Waals surface area contributed by atoms with Gasteiger partial charge in [0.2, 0.25) is 5.91 Å². The van der Waals surface area contributed by atoms with Crippen molar-refractivity contribution in [3.63, 3.8) is 0 Å². The molecule has 7 nitrogen and oxygen atoms in total. The predicted molar refractivity (Wildman–Crippen MR) is 129 cm³/mol. The molecule has 1 aliphatic heterocycles. The number of hydrogen-bond acceptors (Lipinski definition) is 7. The lowest BCUT2D eigenvalue weighted by atomic mass is 10.2. The standard InChI is InChI=1S/C24H28N4O3S/c1-4-30-19-11-9-18(10-12-19)25-22(29)15-32-24-23(28-13-16(2)31-17(3)14-28)26-20-7-5-6-8-21(20)27-24/h5-12,16-17H,4,13-15H2,1-3H3,(H,25,29)/t16-,17-/m1/s1. The molecule has 1 aliphatic rings. The van der Waals surface area contributed by atoms with Crippen LogP contribution >= 0.6 is 11.8 Å². The van der Waals surface area contributed by atoms with Crippen LogP contribution in [0.5, 0.6) is 5.75 Å². The lowest BCUT2D eigenvalue weighted by molar-refractivity contribution is -0.113. The molecule has 2 aromatic carbocycles. The van der Waals surface area contributed by atoms with Gasteiger partial charge in [-0.15, -0.1) is 0 Å². The quantitative estimate of drug-likeness (QED) is 0.533. The van der Waals surface area contributed by atoms with Gasteiger partial charge in [-0.25, -0.2) is 9.97 Å². The Morgan fingerprint density at radius 1 is 1.09 bits per heavy atom. The molecule has 1 fully saturated rings. The van der Waals surface area contributed by atoms with Gasteiger partial charge in [0.05, 0.1) is 35.6 Å². The van der Waals surface area contributed by atoms with E-state index in [0.29, 0.717) is 6.61 Å². The SMILES string of the molecule is CCOc1ccc(NC(=O)CSc2nc3ccccc3nc2N2C[C@@H](C)O[C@H](C)C2)cc1. The Balaban J connectivity index is 1.50. The first-order valence-corrected chi connectivity index (χ1v) is 11.8. The summed E-state index contributed by atoms with van der Waals surface area (Å²) in [5, 5.41) is 3.69. The maximum Gasteiger partial charge on any atom is 0.234 e. The Kier molecular flexibility index (Phi) is 7.12. The molecule has 168 valence electrons. The monoisotopic (exact) mass is 452 g/mol. The summed E-state index contributed by atoms with van der Waals surface area (Å²) in [4.78, 5) is 24.6. The minimum absolute atomic E-state index is 0.0937. The van der Waals surface area contributed by atoms with Gasteiger partial charge >= 0.3 is 0 Å². The summed E-state index contributed by atoms with van der Waals surface area (Å²) in [6, 6.07) is 15.2. The van der Waals surface area contributed by atoms with Gasteiger partial charge in [0.1, 0.15) is 10.8 Å². The minimum atomic E-state index is -0.0937. The Morgan fingerprint density at radius 3 is 2.41 bits per heavy atom. The summed E-state index contributed by atoms with van der Waals surface area (Å²) in [6.07, 6.45) is 0.209. The molecule has 1 amide bonds. The van der Waals surface area contributed by atoms with E-state index in [1.807, 2.05) is 55.5 Å². The van der Waals surface area contributed by atoms with Crippen molar-refractivity contribution in [2.45, 2.75) is 38.0 Å². The second-order valence-electron chi connectivity index (χ2n) is 7.80. The van der Waals surface area contributed by atoms with Gasteiger partial charge < -0.3 is 19.7 Å². The molecule has 0 saturated carbocycles. The first-order valence-electron chi connectivity index (χ1n) is 10.8. The van der Waals surface area contributed by atoms with Crippen molar-refractivity contribution in [1.82, 2.24) is 9.97 Å². The van der Waals surface area contributed by atoms with E-state index >= 15 is 0 Å². The number of carbonyl (C=O) groups is 1. The molecule has 1 N–H and O–H groups in total. The largest absolute Gasteiger partial charge is 0.494 e. The molecule has 1 saturated heterocycles. The normalized spacial score (nSPS) is 18.5. The van der Waals surface area contributed by atoms with Gasteiger partial charge in [-0.05, 0) is 57.2 Å². The molecule has 0 radical (unpaired) electrons. The summed E-state index contributed by atoms with van der Waals surface area (Å²) in [5.41, 5.74) is 2.40. The van der Waals surface area contributed by atoms with E-state index in [-0.39, 0.29) is 23.9 Å². The van der Waals surface area contributed by atoms with E-state index in [1.54, 1.807) is 0 Å². The van der Waals surface area contributed by atoms with Crippen LogP contribution in [0.2, 0.25) is 0 Å². The number of anilines is 2. The molecular weight excluding hydrogens is 424 g/mol. The Bertz CT molecular complexity index is 1070. The second kappa shape index (κ2) is 10.2. The molecular formula is C24H28N4O3S. The molecule has 2 heterocycles. The highest BCUT2D eigenvalue weighted by Gasteiger charge is 2.26. The minimum Gasteiger partial charge on any atom is -0.494 e.